The number of amides is 1. The molecule has 3 rings (SSSR count). The van der Waals surface area contributed by atoms with Gasteiger partial charge in [0, 0.05) is 29.3 Å². The van der Waals surface area contributed by atoms with E-state index >= 15 is 0 Å². The first kappa shape index (κ1) is 22.2. The van der Waals surface area contributed by atoms with Gasteiger partial charge in [0.1, 0.15) is 12.2 Å². The van der Waals surface area contributed by atoms with Crippen molar-refractivity contribution < 1.29 is 27.5 Å². The summed E-state index contributed by atoms with van der Waals surface area (Å²) in [4.78, 5) is 40.8. The van der Waals surface area contributed by atoms with E-state index in [0.717, 1.165) is 12.8 Å². The van der Waals surface area contributed by atoms with Crippen LogP contribution in [0.25, 0.3) is 0 Å². The van der Waals surface area contributed by atoms with Gasteiger partial charge in [-0.25, -0.2) is 8.42 Å². The molecule has 1 fully saturated rings. The second-order valence-corrected chi connectivity index (χ2v) is 9.35. The van der Waals surface area contributed by atoms with E-state index in [1.54, 1.807) is 17.0 Å². The van der Waals surface area contributed by atoms with Gasteiger partial charge in [0.2, 0.25) is 15.8 Å². The molecule has 2 heterocycles. The fourth-order valence-electron chi connectivity index (χ4n) is 2.92. The molecule has 1 saturated heterocycles. The van der Waals surface area contributed by atoms with E-state index in [-0.39, 0.29) is 16.4 Å². The highest BCUT2D eigenvalue weighted by atomic mass is 79.9. The average molecular weight is 498 g/mol. The van der Waals surface area contributed by atoms with Gasteiger partial charge in [0.15, 0.2) is 6.61 Å². The number of aromatic nitrogens is 1. The smallest absolute Gasteiger partial charge is 0.321 e. The SMILES string of the molecule is O=C(CNS(=O)(=O)c1cccc(Br)c1)OCC(=O)c1c[nH]c(C(=O)N2CCCC2)c1. The predicted molar refractivity (Wildman–Crippen MR) is 111 cm³/mol. The normalized spacial score (nSPS) is 14.0. The van der Waals surface area contributed by atoms with Gasteiger partial charge in [-0.2, -0.15) is 4.72 Å². The molecule has 0 atom stereocenters. The topological polar surface area (TPSA) is 126 Å². The number of ketones is 1. The number of likely N-dealkylation sites (tertiary alicyclic amines) is 1. The van der Waals surface area contributed by atoms with E-state index in [2.05, 4.69) is 25.6 Å². The quantitative estimate of drug-likeness (QED) is 0.422. The number of aromatic amines is 1. The minimum Gasteiger partial charge on any atom is -0.456 e. The number of carbonyl (C=O) groups excluding carboxylic acids is 3. The van der Waals surface area contributed by atoms with Crippen molar-refractivity contribution >= 4 is 43.6 Å². The number of nitrogens with zero attached hydrogens (tertiary/aromatic N) is 1. The van der Waals surface area contributed by atoms with Crippen LogP contribution in [0.1, 0.15) is 33.7 Å². The molecule has 2 N–H and O–H groups in total. The first-order valence-electron chi connectivity index (χ1n) is 9.18. The number of halogens is 1. The first-order chi connectivity index (χ1) is 14.3. The molecule has 11 heteroatoms. The number of H-pyrrole nitrogens is 1. The van der Waals surface area contributed by atoms with Gasteiger partial charge in [0.05, 0.1) is 4.90 Å². The molecule has 1 amide bonds. The van der Waals surface area contributed by atoms with Crippen LogP contribution in [0.15, 0.2) is 45.9 Å². The third-order valence-corrected chi connectivity index (χ3v) is 6.40. The number of benzene rings is 1. The van der Waals surface area contributed by atoms with E-state index in [0.29, 0.717) is 23.3 Å². The third kappa shape index (κ3) is 5.55. The molecule has 9 nitrogen and oxygen atoms in total. The molecule has 0 unspecified atom stereocenters. The Balaban J connectivity index is 1.49. The van der Waals surface area contributed by atoms with Crippen LogP contribution >= 0.6 is 15.9 Å². The Morgan fingerprint density at radius 3 is 2.60 bits per heavy atom. The van der Waals surface area contributed by atoms with Gasteiger partial charge < -0.3 is 14.6 Å². The number of sulfonamides is 1. The molecule has 30 heavy (non-hydrogen) atoms. The molecular weight excluding hydrogens is 478 g/mol. The number of nitrogens with one attached hydrogen (secondary N) is 2. The van der Waals surface area contributed by atoms with Gasteiger partial charge in [-0.15, -0.1) is 0 Å². The van der Waals surface area contributed by atoms with Crippen molar-refractivity contribution in [3.05, 3.63) is 52.3 Å². The zero-order chi connectivity index (χ0) is 21.7. The monoisotopic (exact) mass is 497 g/mol. The summed E-state index contributed by atoms with van der Waals surface area (Å²) in [6.07, 6.45) is 3.30. The molecule has 160 valence electrons. The van der Waals surface area contributed by atoms with Crippen LogP contribution in [0.5, 0.6) is 0 Å². The van der Waals surface area contributed by atoms with Crippen LogP contribution in [0, 0.1) is 0 Å². The largest absolute Gasteiger partial charge is 0.456 e. The van der Waals surface area contributed by atoms with Gasteiger partial charge in [0.25, 0.3) is 5.91 Å². The maximum Gasteiger partial charge on any atom is 0.321 e. The summed E-state index contributed by atoms with van der Waals surface area (Å²) in [5.74, 6) is -1.58. The van der Waals surface area contributed by atoms with Crippen molar-refractivity contribution in [2.45, 2.75) is 17.7 Å². The summed E-state index contributed by atoms with van der Waals surface area (Å²) in [7, 11) is -3.90. The number of ether oxygens (including phenoxy) is 1. The van der Waals surface area contributed by atoms with Crippen molar-refractivity contribution in [2.24, 2.45) is 0 Å². The number of Topliss-reactive ketones (excluding diaryl/α,β-unsaturated/α-hetero) is 1. The van der Waals surface area contributed by atoms with Crippen molar-refractivity contribution in [2.75, 3.05) is 26.2 Å². The second kappa shape index (κ2) is 9.54. The minimum absolute atomic E-state index is 0.0109. The fourth-order valence-corrected chi connectivity index (χ4v) is 4.49. The Hall–Kier alpha value is -2.50. The number of rotatable bonds is 8. The van der Waals surface area contributed by atoms with Crippen LogP contribution in [0.3, 0.4) is 0 Å². The second-order valence-electron chi connectivity index (χ2n) is 6.67. The number of carbonyl (C=O) groups is 3. The molecule has 0 bridgehead atoms. The van der Waals surface area contributed by atoms with Crippen LogP contribution in [-0.2, 0) is 19.6 Å². The summed E-state index contributed by atoms with van der Waals surface area (Å²) < 4.78 is 31.9. The molecule has 2 aromatic rings. The standard InChI is InChI=1S/C19H20BrN3O6S/c20-14-4-3-5-15(9-14)30(27,28)22-11-18(25)29-12-17(24)13-8-16(21-10-13)19(26)23-6-1-2-7-23/h3-5,8-10,21-22H,1-2,6-7,11-12H2. The van der Waals surface area contributed by atoms with Crippen molar-refractivity contribution in [3.8, 4) is 0 Å². The first-order valence-corrected chi connectivity index (χ1v) is 11.5. The lowest BCUT2D eigenvalue weighted by molar-refractivity contribution is -0.141. The van der Waals surface area contributed by atoms with E-state index in [1.807, 2.05) is 0 Å². The zero-order valence-corrected chi connectivity index (χ0v) is 18.3. The fraction of sp³-hybridized carbons (Fsp3) is 0.316. The summed E-state index contributed by atoms with van der Waals surface area (Å²) >= 11 is 3.18. The lowest BCUT2D eigenvalue weighted by Crippen LogP contribution is -2.31. The number of hydrogen-bond acceptors (Lipinski definition) is 6. The van der Waals surface area contributed by atoms with E-state index < -0.39 is 34.9 Å². The molecular formula is C19H20BrN3O6S. The molecule has 1 aromatic heterocycles. The molecule has 1 aliphatic heterocycles. The molecule has 0 radical (unpaired) electrons. The van der Waals surface area contributed by atoms with Crippen LogP contribution in [0.2, 0.25) is 0 Å². The maximum atomic E-state index is 12.3. The van der Waals surface area contributed by atoms with E-state index in [9.17, 15) is 22.8 Å². The van der Waals surface area contributed by atoms with E-state index in [1.165, 1.54) is 24.4 Å². The summed E-state index contributed by atoms with van der Waals surface area (Å²) in [6, 6.07) is 7.42. The van der Waals surface area contributed by atoms with Crippen molar-refractivity contribution in [1.82, 2.24) is 14.6 Å². The molecule has 1 aromatic carbocycles. The van der Waals surface area contributed by atoms with Gasteiger partial charge >= 0.3 is 5.97 Å². The van der Waals surface area contributed by atoms with E-state index in [4.69, 9.17) is 4.74 Å². The molecule has 1 aliphatic rings. The summed E-state index contributed by atoms with van der Waals surface area (Å²) in [5, 5.41) is 0. The molecule has 0 saturated carbocycles. The zero-order valence-electron chi connectivity index (χ0n) is 15.9. The highest BCUT2D eigenvalue weighted by Gasteiger charge is 2.22. The molecule has 0 aliphatic carbocycles. The lowest BCUT2D eigenvalue weighted by Gasteiger charge is -2.13. The van der Waals surface area contributed by atoms with Crippen molar-refractivity contribution in [1.29, 1.82) is 0 Å². The number of esters is 1. The highest BCUT2D eigenvalue weighted by molar-refractivity contribution is 9.10. The highest BCUT2D eigenvalue weighted by Crippen LogP contribution is 2.16. The maximum absolute atomic E-state index is 12.3. The van der Waals surface area contributed by atoms with Gasteiger partial charge in [-0.3, -0.25) is 14.4 Å². The Morgan fingerprint density at radius 1 is 1.17 bits per heavy atom. The third-order valence-electron chi connectivity index (χ3n) is 4.51. The van der Waals surface area contributed by atoms with Crippen LogP contribution < -0.4 is 4.72 Å². The van der Waals surface area contributed by atoms with Gasteiger partial charge in [-0.05, 0) is 37.1 Å². The Morgan fingerprint density at radius 2 is 1.90 bits per heavy atom. The Bertz CT molecular complexity index is 1060. The van der Waals surface area contributed by atoms with Crippen molar-refractivity contribution in [3.63, 3.8) is 0 Å². The Labute approximate surface area is 182 Å². The van der Waals surface area contributed by atoms with Crippen LogP contribution in [-0.4, -0.2) is 62.2 Å². The number of hydrogen-bond donors (Lipinski definition) is 2. The predicted octanol–water partition coefficient (Wildman–Crippen LogP) is 1.72. The summed E-state index contributed by atoms with van der Waals surface area (Å²) in [5.41, 5.74) is 0.508. The molecule has 0 spiro atoms. The average Bonchev–Trinajstić information content (AvgIpc) is 3.42. The Kier molecular flexibility index (Phi) is 7.06. The van der Waals surface area contributed by atoms with Crippen LogP contribution in [0.4, 0.5) is 0 Å². The lowest BCUT2D eigenvalue weighted by atomic mass is 10.2. The summed E-state index contributed by atoms with van der Waals surface area (Å²) in [6.45, 7) is 0.198. The minimum atomic E-state index is -3.90. The van der Waals surface area contributed by atoms with Gasteiger partial charge in [-0.1, -0.05) is 22.0 Å².